The summed E-state index contributed by atoms with van der Waals surface area (Å²) in [5.74, 6) is 1.05. The van der Waals surface area contributed by atoms with Gasteiger partial charge in [0, 0.05) is 25.6 Å². The Morgan fingerprint density at radius 1 is 1.61 bits per heavy atom. The van der Waals surface area contributed by atoms with Gasteiger partial charge in [0.2, 0.25) is 0 Å². The van der Waals surface area contributed by atoms with E-state index in [1.807, 2.05) is 4.68 Å². The monoisotopic (exact) mass is 267 g/mol. The van der Waals surface area contributed by atoms with Gasteiger partial charge in [-0.3, -0.25) is 4.90 Å². The fourth-order valence-corrected chi connectivity index (χ4v) is 2.17. The first-order chi connectivity index (χ1) is 8.70. The molecule has 2 rings (SSSR count). The molecule has 1 saturated carbocycles. The molecule has 1 fully saturated rings. The van der Waals surface area contributed by atoms with Gasteiger partial charge in [-0.15, -0.1) is 0 Å². The van der Waals surface area contributed by atoms with Crippen LogP contribution in [0.25, 0.3) is 0 Å². The maximum absolute atomic E-state index is 5.58. The Balaban J connectivity index is 1.94. The number of aromatic nitrogens is 3. The van der Waals surface area contributed by atoms with E-state index in [1.54, 1.807) is 6.33 Å². The van der Waals surface area contributed by atoms with E-state index in [2.05, 4.69) is 21.9 Å². The molecule has 0 amide bonds. The molecule has 0 aliphatic heterocycles. The fourth-order valence-electron chi connectivity index (χ4n) is 2.07. The first-order valence-corrected chi connectivity index (χ1v) is 7.00. The molecule has 0 unspecified atom stereocenters. The first-order valence-electron chi connectivity index (χ1n) is 6.59. The van der Waals surface area contributed by atoms with Crippen LogP contribution in [0.5, 0.6) is 0 Å². The van der Waals surface area contributed by atoms with E-state index in [-0.39, 0.29) is 0 Å². The lowest BCUT2D eigenvalue weighted by molar-refractivity contribution is 0.250. The van der Waals surface area contributed by atoms with Crippen molar-refractivity contribution in [1.82, 2.24) is 19.7 Å². The maximum Gasteiger partial charge on any atom is 0.141 e. The van der Waals surface area contributed by atoms with E-state index in [0.717, 1.165) is 38.3 Å². The summed E-state index contributed by atoms with van der Waals surface area (Å²) in [4.78, 5) is 7.38. The molecule has 1 aliphatic rings. The maximum atomic E-state index is 5.58. The Bertz CT molecular complexity index is 399. The molecule has 0 saturated heterocycles. The molecule has 0 spiro atoms. The second-order valence-corrected chi connectivity index (χ2v) is 5.34. The predicted molar refractivity (Wildman–Crippen MR) is 75.1 cm³/mol. The van der Waals surface area contributed by atoms with Crippen LogP contribution in [-0.4, -0.2) is 37.2 Å². The highest BCUT2D eigenvalue weighted by molar-refractivity contribution is 7.80. The summed E-state index contributed by atoms with van der Waals surface area (Å²) in [5, 5.41) is 4.26. The highest BCUT2D eigenvalue weighted by Crippen LogP contribution is 2.28. The largest absolute Gasteiger partial charge is 0.393 e. The van der Waals surface area contributed by atoms with Crippen molar-refractivity contribution < 1.29 is 0 Å². The summed E-state index contributed by atoms with van der Waals surface area (Å²) in [7, 11) is 0. The molecule has 0 aromatic carbocycles. The lowest BCUT2D eigenvalue weighted by Crippen LogP contribution is -2.30. The van der Waals surface area contributed by atoms with Gasteiger partial charge < -0.3 is 5.73 Å². The Labute approximate surface area is 113 Å². The zero-order valence-electron chi connectivity index (χ0n) is 10.9. The standard InChI is InChI=1S/C12H21N5S/c1-2-6-17-12(14-9-15-17)8-16(10-3-4-10)7-5-11(13)18/h9-10H,2-8H2,1H3,(H2,13,18). The van der Waals surface area contributed by atoms with Gasteiger partial charge in [-0.1, -0.05) is 19.1 Å². The average Bonchev–Trinajstić information content (AvgIpc) is 3.08. The van der Waals surface area contributed by atoms with Crippen molar-refractivity contribution >= 4 is 17.2 Å². The SMILES string of the molecule is CCCn1ncnc1CN(CCC(N)=S)C1CC1. The van der Waals surface area contributed by atoms with Crippen molar-refractivity contribution in [1.29, 1.82) is 0 Å². The van der Waals surface area contributed by atoms with Crippen molar-refractivity contribution in [3.05, 3.63) is 12.2 Å². The molecule has 6 heteroatoms. The van der Waals surface area contributed by atoms with Crippen molar-refractivity contribution in [2.75, 3.05) is 6.54 Å². The lowest BCUT2D eigenvalue weighted by Gasteiger charge is -2.21. The van der Waals surface area contributed by atoms with Gasteiger partial charge in [0.25, 0.3) is 0 Å². The fraction of sp³-hybridized carbons (Fsp3) is 0.750. The van der Waals surface area contributed by atoms with Crippen molar-refractivity contribution in [2.45, 2.75) is 51.7 Å². The molecule has 1 aromatic heterocycles. The third kappa shape index (κ3) is 3.74. The Hall–Kier alpha value is -1.01. The summed E-state index contributed by atoms with van der Waals surface area (Å²) < 4.78 is 2.00. The van der Waals surface area contributed by atoms with Gasteiger partial charge in [-0.25, -0.2) is 9.67 Å². The van der Waals surface area contributed by atoms with Gasteiger partial charge in [0.05, 0.1) is 11.5 Å². The van der Waals surface area contributed by atoms with Gasteiger partial charge in [-0.05, 0) is 19.3 Å². The third-order valence-electron chi connectivity index (χ3n) is 3.18. The molecule has 0 atom stereocenters. The number of nitrogens with two attached hydrogens (primary N) is 1. The van der Waals surface area contributed by atoms with E-state index in [0.29, 0.717) is 11.0 Å². The first kappa shape index (κ1) is 13.4. The lowest BCUT2D eigenvalue weighted by atomic mass is 10.3. The summed E-state index contributed by atoms with van der Waals surface area (Å²) in [5.41, 5.74) is 5.58. The minimum Gasteiger partial charge on any atom is -0.393 e. The molecule has 1 aromatic rings. The second-order valence-electron chi connectivity index (χ2n) is 4.82. The van der Waals surface area contributed by atoms with E-state index < -0.39 is 0 Å². The highest BCUT2D eigenvalue weighted by atomic mass is 32.1. The topological polar surface area (TPSA) is 60.0 Å². The number of rotatable bonds is 8. The van der Waals surface area contributed by atoms with Crippen LogP contribution in [0.4, 0.5) is 0 Å². The predicted octanol–water partition coefficient (Wildman–Crippen LogP) is 1.33. The smallest absolute Gasteiger partial charge is 0.141 e. The molecule has 18 heavy (non-hydrogen) atoms. The summed E-state index contributed by atoms with van der Waals surface area (Å²) in [6.07, 6.45) is 6.06. The van der Waals surface area contributed by atoms with Crippen LogP contribution in [0, 0.1) is 0 Å². The quantitative estimate of drug-likeness (QED) is 0.720. The molecule has 5 nitrogen and oxygen atoms in total. The van der Waals surface area contributed by atoms with Crippen molar-refractivity contribution in [3.8, 4) is 0 Å². The van der Waals surface area contributed by atoms with Crippen LogP contribution in [0.15, 0.2) is 6.33 Å². The molecule has 1 aliphatic carbocycles. The summed E-state index contributed by atoms with van der Waals surface area (Å²) in [6, 6.07) is 0.686. The molecular formula is C12H21N5S. The van der Waals surface area contributed by atoms with Crippen LogP contribution in [0.1, 0.15) is 38.4 Å². The van der Waals surface area contributed by atoms with E-state index >= 15 is 0 Å². The minimum atomic E-state index is 0.593. The third-order valence-corrected chi connectivity index (χ3v) is 3.39. The van der Waals surface area contributed by atoms with Gasteiger partial charge >= 0.3 is 0 Å². The van der Waals surface area contributed by atoms with Gasteiger partial charge in [-0.2, -0.15) is 5.10 Å². The molecule has 0 bridgehead atoms. The normalized spacial score (nSPS) is 15.2. The van der Waals surface area contributed by atoms with Crippen molar-refractivity contribution in [2.24, 2.45) is 5.73 Å². The van der Waals surface area contributed by atoms with Gasteiger partial charge in [0.15, 0.2) is 0 Å². The molecule has 2 N–H and O–H groups in total. The highest BCUT2D eigenvalue weighted by Gasteiger charge is 2.29. The minimum absolute atomic E-state index is 0.593. The Kier molecular flexibility index (Phi) is 4.66. The van der Waals surface area contributed by atoms with Crippen LogP contribution in [-0.2, 0) is 13.1 Å². The number of hydrogen-bond donors (Lipinski definition) is 1. The summed E-state index contributed by atoms with van der Waals surface area (Å²) in [6.45, 7) is 4.87. The molecular weight excluding hydrogens is 246 g/mol. The van der Waals surface area contributed by atoms with Crippen LogP contribution >= 0.6 is 12.2 Å². The number of nitrogens with zero attached hydrogens (tertiary/aromatic N) is 4. The van der Waals surface area contributed by atoms with E-state index in [1.165, 1.54) is 12.8 Å². The molecule has 0 radical (unpaired) electrons. The number of aryl methyl sites for hydroxylation is 1. The second kappa shape index (κ2) is 6.24. The number of thiocarbonyl (C=S) groups is 1. The molecule has 100 valence electrons. The Morgan fingerprint density at radius 2 is 2.39 bits per heavy atom. The summed E-state index contributed by atoms with van der Waals surface area (Å²) >= 11 is 4.95. The van der Waals surface area contributed by atoms with Gasteiger partial charge in [0.1, 0.15) is 12.2 Å². The Morgan fingerprint density at radius 3 is 3.00 bits per heavy atom. The van der Waals surface area contributed by atoms with Crippen LogP contribution in [0.3, 0.4) is 0 Å². The van der Waals surface area contributed by atoms with E-state index in [4.69, 9.17) is 18.0 Å². The zero-order valence-corrected chi connectivity index (χ0v) is 11.7. The van der Waals surface area contributed by atoms with Crippen LogP contribution < -0.4 is 5.73 Å². The van der Waals surface area contributed by atoms with Crippen molar-refractivity contribution in [3.63, 3.8) is 0 Å². The van der Waals surface area contributed by atoms with Crippen LogP contribution in [0.2, 0.25) is 0 Å². The zero-order chi connectivity index (χ0) is 13.0. The van der Waals surface area contributed by atoms with E-state index in [9.17, 15) is 0 Å². The number of hydrogen-bond acceptors (Lipinski definition) is 4. The molecule has 1 heterocycles. The average molecular weight is 267 g/mol.